The predicted molar refractivity (Wildman–Crippen MR) is 65.2 cm³/mol. The van der Waals surface area contributed by atoms with Crippen LogP contribution in [-0.2, 0) is 4.74 Å². The summed E-state index contributed by atoms with van der Waals surface area (Å²) in [6.07, 6.45) is 4.04. The van der Waals surface area contributed by atoms with Gasteiger partial charge in [-0.05, 0) is 18.6 Å². The van der Waals surface area contributed by atoms with E-state index in [0.29, 0.717) is 6.61 Å². The van der Waals surface area contributed by atoms with Crippen molar-refractivity contribution >= 4 is 11.7 Å². The van der Waals surface area contributed by atoms with E-state index in [1.54, 1.807) is 0 Å². The average molecular weight is 239 g/mol. The zero-order valence-corrected chi connectivity index (χ0v) is 10.0. The molecule has 0 heterocycles. The van der Waals surface area contributed by atoms with Crippen LogP contribution < -0.4 is 5.73 Å². The molecule has 0 aliphatic heterocycles. The van der Waals surface area contributed by atoms with E-state index in [1.807, 2.05) is 0 Å². The number of unbranched alkanes of at least 4 members (excludes halogenated alkanes) is 3. The number of carbonyl (C=O) groups excluding carboxylic acids is 1. The van der Waals surface area contributed by atoms with Crippen LogP contribution in [0.15, 0.2) is 18.2 Å². The van der Waals surface area contributed by atoms with E-state index < -0.39 is 11.8 Å². The number of benzene rings is 1. The summed E-state index contributed by atoms with van der Waals surface area (Å²) in [5.74, 6) is -1.32. The highest BCUT2D eigenvalue weighted by atomic mass is 19.1. The summed E-state index contributed by atoms with van der Waals surface area (Å²) in [6.45, 7) is 2.42. The average Bonchev–Trinajstić information content (AvgIpc) is 2.28. The van der Waals surface area contributed by atoms with E-state index in [4.69, 9.17) is 10.5 Å². The van der Waals surface area contributed by atoms with Crippen LogP contribution in [0.25, 0.3) is 0 Å². The van der Waals surface area contributed by atoms with Crippen LogP contribution in [0.4, 0.5) is 10.1 Å². The zero-order valence-electron chi connectivity index (χ0n) is 10.0. The van der Waals surface area contributed by atoms with E-state index in [-0.39, 0.29) is 11.3 Å². The number of halogens is 1. The van der Waals surface area contributed by atoms with Crippen molar-refractivity contribution in [3.8, 4) is 0 Å². The molecule has 0 aliphatic rings. The van der Waals surface area contributed by atoms with E-state index in [0.717, 1.165) is 25.7 Å². The third kappa shape index (κ3) is 4.06. The molecular formula is C13H18FNO2. The number of ether oxygens (including phenoxy) is 1. The molecule has 0 fully saturated rings. The normalized spacial score (nSPS) is 10.2. The molecule has 0 amide bonds. The maximum Gasteiger partial charge on any atom is 0.343 e. The molecule has 2 N–H and O–H groups in total. The number of anilines is 1. The largest absolute Gasteiger partial charge is 0.462 e. The smallest absolute Gasteiger partial charge is 0.343 e. The summed E-state index contributed by atoms with van der Waals surface area (Å²) in [4.78, 5) is 11.6. The second-order valence-corrected chi connectivity index (χ2v) is 3.90. The Morgan fingerprint density at radius 1 is 1.35 bits per heavy atom. The quantitative estimate of drug-likeness (QED) is 0.471. The van der Waals surface area contributed by atoms with Gasteiger partial charge in [0.2, 0.25) is 0 Å². The predicted octanol–water partition coefficient (Wildman–Crippen LogP) is 3.15. The van der Waals surface area contributed by atoms with Crippen molar-refractivity contribution in [3.05, 3.63) is 29.6 Å². The fourth-order valence-electron chi connectivity index (χ4n) is 1.52. The zero-order chi connectivity index (χ0) is 12.7. The minimum absolute atomic E-state index is 0.114. The molecular weight excluding hydrogens is 221 g/mol. The summed E-state index contributed by atoms with van der Waals surface area (Å²) in [5, 5.41) is 0. The first-order valence-electron chi connectivity index (χ1n) is 5.88. The topological polar surface area (TPSA) is 52.3 Å². The van der Waals surface area contributed by atoms with Crippen LogP contribution in [0, 0.1) is 5.82 Å². The highest BCUT2D eigenvalue weighted by Crippen LogP contribution is 2.16. The van der Waals surface area contributed by atoms with Gasteiger partial charge in [0.25, 0.3) is 0 Å². The molecule has 0 bridgehead atoms. The fourth-order valence-corrected chi connectivity index (χ4v) is 1.52. The third-order valence-electron chi connectivity index (χ3n) is 2.48. The van der Waals surface area contributed by atoms with Gasteiger partial charge in [0, 0.05) is 5.69 Å². The number of carbonyl (C=O) groups is 1. The van der Waals surface area contributed by atoms with Gasteiger partial charge in [0.15, 0.2) is 0 Å². The summed E-state index contributed by atoms with van der Waals surface area (Å²) >= 11 is 0. The molecule has 0 atom stereocenters. The Balaban J connectivity index is 2.47. The SMILES string of the molecule is CCCCCCOC(=O)c1c(N)cccc1F. The maximum atomic E-state index is 13.3. The van der Waals surface area contributed by atoms with Gasteiger partial charge in [-0.2, -0.15) is 0 Å². The van der Waals surface area contributed by atoms with Crippen LogP contribution in [0.1, 0.15) is 43.0 Å². The molecule has 0 saturated carbocycles. The van der Waals surface area contributed by atoms with Gasteiger partial charge >= 0.3 is 5.97 Å². The molecule has 1 aromatic rings. The molecule has 1 rings (SSSR count). The molecule has 0 saturated heterocycles. The van der Waals surface area contributed by atoms with Crippen molar-refractivity contribution in [2.24, 2.45) is 0 Å². The van der Waals surface area contributed by atoms with Crippen molar-refractivity contribution in [1.82, 2.24) is 0 Å². The van der Waals surface area contributed by atoms with Gasteiger partial charge < -0.3 is 10.5 Å². The number of esters is 1. The van der Waals surface area contributed by atoms with Crippen LogP contribution in [0.5, 0.6) is 0 Å². The van der Waals surface area contributed by atoms with Crippen LogP contribution in [0.2, 0.25) is 0 Å². The molecule has 3 nitrogen and oxygen atoms in total. The van der Waals surface area contributed by atoms with Gasteiger partial charge in [-0.3, -0.25) is 0 Å². The monoisotopic (exact) mass is 239 g/mol. The highest BCUT2D eigenvalue weighted by molar-refractivity contribution is 5.95. The Morgan fingerprint density at radius 3 is 2.76 bits per heavy atom. The molecule has 0 unspecified atom stereocenters. The molecule has 4 heteroatoms. The minimum atomic E-state index is -0.683. The second-order valence-electron chi connectivity index (χ2n) is 3.90. The summed E-state index contributed by atoms with van der Waals surface area (Å²) in [6, 6.07) is 4.14. The molecule has 17 heavy (non-hydrogen) atoms. The molecule has 0 aromatic heterocycles. The number of hydrogen-bond acceptors (Lipinski definition) is 3. The third-order valence-corrected chi connectivity index (χ3v) is 2.48. The number of rotatable bonds is 6. The molecule has 0 spiro atoms. The van der Waals surface area contributed by atoms with Crippen LogP contribution in [0.3, 0.4) is 0 Å². The van der Waals surface area contributed by atoms with Gasteiger partial charge in [-0.15, -0.1) is 0 Å². The lowest BCUT2D eigenvalue weighted by atomic mass is 10.1. The first kappa shape index (κ1) is 13.5. The van der Waals surface area contributed by atoms with E-state index in [2.05, 4.69) is 6.92 Å². The first-order chi connectivity index (χ1) is 8.16. The molecule has 0 radical (unpaired) electrons. The maximum absolute atomic E-state index is 13.3. The van der Waals surface area contributed by atoms with Gasteiger partial charge in [-0.1, -0.05) is 32.3 Å². The van der Waals surface area contributed by atoms with E-state index in [1.165, 1.54) is 18.2 Å². The summed E-state index contributed by atoms with van der Waals surface area (Å²) < 4.78 is 18.3. The summed E-state index contributed by atoms with van der Waals surface area (Å²) in [7, 11) is 0. The minimum Gasteiger partial charge on any atom is -0.462 e. The Kier molecular flexibility index (Phi) is 5.46. The van der Waals surface area contributed by atoms with E-state index in [9.17, 15) is 9.18 Å². The molecule has 1 aromatic carbocycles. The van der Waals surface area contributed by atoms with Crippen molar-refractivity contribution < 1.29 is 13.9 Å². The van der Waals surface area contributed by atoms with Gasteiger partial charge in [-0.25, -0.2) is 9.18 Å². The number of nitrogens with two attached hydrogens (primary N) is 1. The molecule has 0 aliphatic carbocycles. The second kappa shape index (κ2) is 6.89. The van der Waals surface area contributed by atoms with Gasteiger partial charge in [0.05, 0.1) is 6.61 Å². The standard InChI is InChI=1S/C13H18FNO2/c1-2-3-4-5-9-17-13(16)12-10(14)7-6-8-11(12)15/h6-8H,2-5,9,15H2,1H3. The number of hydrogen-bond donors (Lipinski definition) is 1. The Bertz CT molecular complexity index is 359. The van der Waals surface area contributed by atoms with Crippen molar-refractivity contribution in [1.29, 1.82) is 0 Å². The van der Waals surface area contributed by atoms with Crippen LogP contribution in [-0.4, -0.2) is 12.6 Å². The van der Waals surface area contributed by atoms with Gasteiger partial charge in [0.1, 0.15) is 11.4 Å². The molecule has 94 valence electrons. The lowest BCUT2D eigenvalue weighted by molar-refractivity contribution is 0.0494. The highest BCUT2D eigenvalue weighted by Gasteiger charge is 2.16. The summed E-state index contributed by atoms with van der Waals surface area (Å²) in [5.41, 5.74) is 5.48. The Morgan fingerprint density at radius 2 is 2.12 bits per heavy atom. The van der Waals surface area contributed by atoms with Crippen LogP contribution >= 0.6 is 0 Å². The Hall–Kier alpha value is -1.58. The van der Waals surface area contributed by atoms with E-state index >= 15 is 0 Å². The first-order valence-corrected chi connectivity index (χ1v) is 5.88. The van der Waals surface area contributed by atoms with Crippen molar-refractivity contribution in [3.63, 3.8) is 0 Å². The Labute approximate surface area is 101 Å². The lowest BCUT2D eigenvalue weighted by Gasteiger charge is -2.07. The lowest BCUT2D eigenvalue weighted by Crippen LogP contribution is -2.11. The number of nitrogen functional groups attached to an aromatic ring is 1. The van der Waals surface area contributed by atoms with Crippen molar-refractivity contribution in [2.75, 3.05) is 12.3 Å². The van der Waals surface area contributed by atoms with Crippen molar-refractivity contribution in [2.45, 2.75) is 32.6 Å². The fraction of sp³-hybridized carbons (Fsp3) is 0.462.